The summed E-state index contributed by atoms with van der Waals surface area (Å²) in [7, 11) is -1.79. The van der Waals surface area contributed by atoms with Gasteiger partial charge in [0.2, 0.25) is 5.09 Å². The lowest BCUT2D eigenvalue weighted by Crippen LogP contribution is -2.24. The van der Waals surface area contributed by atoms with Crippen LogP contribution in [0.1, 0.15) is 18.6 Å². The van der Waals surface area contributed by atoms with Crippen LogP contribution >= 0.6 is 0 Å². The van der Waals surface area contributed by atoms with E-state index in [1.165, 1.54) is 6.07 Å². The molecule has 0 atom stereocenters. The topological polar surface area (TPSA) is 71.3 Å². The smallest absolute Gasteiger partial charge is 0.273 e. The van der Waals surface area contributed by atoms with Gasteiger partial charge in [-0.25, -0.2) is 13.1 Å². The van der Waals surface area contributed by atoms with Gasteiger partial charge < -0.3 is 9.73 Å². The minimum atomic E-state index is -3.55. The van der Waals surface area contributed by atoms with Gasteiger partial charge in [-0.05, 0) is 25.6 Å². The van der Waals surface area contributed by atoms with Gasteiger partial charge in [0.05, 0.1) is 6.54 Å². The highest BCUT2D eigenvalue weighted by Gasteiger charge is 2.17. The van der Waals surface area contributed by atoms with Crippen LogP contribution in [0.25, 0.3) is 0 Å². The zero-order valence-corrected chi connectivity index (χ0v) is 10.5. The average molecular weight is 256 g/mol. The molecular formula is C11H16N2O3S. The normalized spacial score (nSPS) is 11.3. The van der Waals surface area contributed by atoms with Crippen molar-refractivity contribution < 1.29 is 12.8 Å². The first-order chi connectivity index (χ1) is 8.10. The predicted octanol–water partition coefficient (Wildman–Crippen LogP) is 0.691. The van der Waals surface area contributed by atoms with Gasteiger partial charge >= 0.3 is 0 Å². The largest absolute Gasteiger partial charge is 0.447 e. The van der Waals surface area contributed by atoms with Gasteiger partial charge in [-0.1, -0.05) is 0 Å². The third kappa shape index (κ3) is 4.23. The number of terminal acetylenes is 1. The minimum absolute atomic E-state index is 0.0662. The van der Waals surface area contributed by atoms with Gasteiger partial charge in [0.15, 0.2) is 0 Å². The van der Waals surface area contributed by atoms with E-state index < -0.39 is 10.0 Å². The summed E-state index contributed by atoms with van der Waals surface area (Å²) >= 11 is 0. The van der Waals surface area contributed by atoms with E-state index in [2.05, 4.69) is 16.0 Å². The maximum atomic E-state index is 11.7. The van der Waals surface area contributed by atoms with Gasteiger partial charge in [0.25, 0.3) is 10.0 Å². The summed E-state index contributed by atoms with van der Waals surface area (Å²) in [4.78, 5) is 0. The second kappa shape index (κ2) is 6.45. The molecule has 0 aliphatic heterocycles. The molecule has 0 amide bonds. The van der Waals surface area contributed by atoms with Gasteiger partial charge in [-0.3, -0.25) is 0 Å². The van der Waals surface area contributed by atoms with E-state index in [1.807, 2.05) is 0 Å². The lowest BCUT2D eigenvalue weighted by molar-refractivity contribution is 0.404. The molecule has 0 unspecified atom stereocenters. The molecule has 0 aromatic carbocycles. The highest BCUT2D eigenvalue weighted by Crippen LogP contribution is 2.13. The third-order valence-corrected chi connectivity index (χ3v) is 3.38. The molecule has 0 bridgehead atoms. The van der Waals surface area contributed by atoms with Gasteiger partial charge in [0.1, 0.15) is 5.76 Å². The van der Waals surface area contributed by atoms with E-state index >= 15 is 0 Å². The Hall–Kier alpha value is -1.29. The number of rotatable bonds is 7. The molecule has 6 heteroatoms. The molecule has 1 rings (SSSR count). The van der Waals surface area contributed by atoms with Crippen molar-refractivity contribution >= 4 is 10.0 Å². The molecule has 0 saturated carbocycles. The summed E-state index contributed by atoms with van der Waals surface area (Å²) in [5.41, 5.74) is 0. The predicted molar refractivity (Wildman–Crippen MR) is 64.7 cm³/mol. The van der Waals surface area contributed by atoms with Crippen LogP contribution in [0.15, 0.2) is 21.6 Å². The summed E-state index contributed by atoms with van der Waals surface area (Å²) in [6.45, 7) is 0.807. The van der Waals surface area contributed by atoms with E-state index in [1.54, 1.807) is 13.1 Å². The molecule has 2 N–H and O–H groups in total. The lowest BCUT2D eigenvalue weighted by atomic mass is 10.3. The molecule has 0 radical (unpaired) electrons. The standard InChI is InChI=1S/C11H16N2O3S/c1-3-4-5-8-13-17(14,15)11-7-6-10(16-11)9-12-2/h1,6-7,12-13H,4-5,8-9H2,2H3. The number of hydrogen-bond donors (Lipinski definition) is 2. The van der Waals surface area contributed by atoms with Crippen LogP contribution in [0.5, 0.6) is 0 Å². The zero-order chi connectivity index (χ0) is 12.7. The Morgan fingerprint density at radius 2 is 2.24 bits per heavy atom. The fourth-order valence-corrected chi connectivity index (χ4v) is 2.26. The number of unbranched alkanes of at least 4 members (excludes halogenated alkanes) is 1. The van der Waals surface area contributed by atoms with Crippen molar-refractivity contribution in [3.05, 3.63) is 17.9 Å². The molecule has 0 aliphatic rings. The summed E-state index contributed by atoms with van der Waals surface area (Å²) in [6.07, 6.45) is 6.23. The van der Waals surface area contributed by atoms with Crippen LogP contribution in [0.2, 0.25) is 0 Å². The van der Waals surface area contributed by atoms with Crippen LogP contribution in [0.3, 0.4) is 0 Å². The number of nitrogens with one attached hydrogen (secondary N) is 2. The van der Waals surface area contributed by atoms with Crippen molar-refractivity contribution in [2.75, 3.05) is 13.6 Å². The van der Waals surface area contributed by atoms with Crippen LogP contribution in [-0.4, -0.2) is 22.0 Å². The van der Waals surface area contributed by atoms with Crippen molar-refractivity contribution in [2.45, 2.75) is 24.5 Å². The minimum Gasteiger partial charge on any atom is -0.447 e. The second-order valence-electron chi connectivity index (χ2n) is 3.46. The highest BCUT2D eigenvalue weighted by molar-refractivity contribution is 7.89. The highest BCUT2D eigenvalue weighted by atomic mass is 32.2. The van der Waals surface area contributed by atoms with Crippen molar-refractivity contribution in [1.29, 1.82) is 0 Å². The van der Waals surface area contributed by atoms with Gasteiger partial charge in [0, 0.05) is 13.0 Å². The van der Waals surface area contributed by atoms with E-state index in [4.69, 9.17) is 10.8 Å². The van der Waals surface area contributed by atoms with Gasteiger partial charge in [-0.2, -0.15) is 0 Å². The van der Waals surface area contributed by atoms with Crippen LogP contribution in [0, 0.1) is 12.3 Å². The molecule has 17 heavy (non-hydrogen) atoms. The molecule has 0 spiro atoms. The third-order valence-electron chi connectivity index (χ3n) is 2.04. The lowest BCUT2D eigenvalue weighted by Gasteiger charge is -2.02. The summed E-state index contributed by atoms with van der Waals surface area (Å²) in [5.74, 6) is 3.03. The number of sulfonamides is 1. The maximum Gasteiger partial charge on any atom is 0.273 e. The Morgan fingerprint density at radius 1 is 1.47 bits per heavy atom. The zero-order valence-electron chi connectivity index (χ0n) is 9.69. The number of hydrogen-bond acceptors (Lipinski definition) is 4. The molecule has 1 heterocycles. The van der Waals surface area contributed by atoms with E-state index in [9.17, 15) is 8.42 Å². The Balaban J connectivity index is 2.59. The van der Waals surface area contributed by atoms with E-state index in [0.29, 0.717) is 31.7 Å². The molecular weight excluding hydrogens is 240 g/mol. The Labute approximate surface area is 102 Å². The van der Waals surface area contributed by atoms with Crippen LogP contribution < -0.4 is 10.0 Å². The number of furan rings is 1. The molecule has 1 aromatic rings. The molecule has 0 aliphatic carbocycles. The first-order valence-corrected chi connectivity index (χ1v) is 6.75. The monoisotopic (exact) mass is 256 g/mol. The molecule has 0 fully saturated rings. The first kappa shape index (κ1) is 13.8. The van der Waals surface area contributed by atoms with Gasteiger partial charge in [-0.15, -0.1) is 12.3 Å². The molecule has 0 saturated heterocycles. The molecule has 5 nitrogen and oxygen atoms in total. The Kier molecular flexibility index (Phi) is 5.22. The second-order valence-corrected chi connectivity index (χ2v) is 5.15. The summed E-state index contributed by atoms with van der Waals surface area (Å²) in [6, 6.07) is 3.07. The van der Waals surface area contributed by atoms with Crippen molar-refractivity contribution in [1.82, 2.24) is 10.0 Å². The van der Waals surface area contributed by atoms with Crippen LogP contribution in [-0.2, 0) is 16.6 Å². The SMILES string of the molecule is C#CCCCNS(=O)(=O)c1ccc(CNC)o1. The van der Waals surface area contributed by atoms with Crippen molar-refractivity contribution in [3.63, 3.8) is 0 Å². The maximum absolute atomic E-state index is 11.7. The van der Waals surface area contributed by atoms with Crippen molar-refractivity contribution in [2.24, 2.45) is 0 Å². The Bertz CT molecular complexity index is 485. The molecule has 1 aromatic heterocycles. The summed E-state index contributed by atoms with van der Waals surface area (Å²) in [5, 5.41) is 2.81. The van der Waals surface area contributed by atoms with Crippen LogP contribution in [0.4, 0.5) is 0 Å². The summed E-state index contributed by atoms with van der Waals surface area (Å²) < 4.78 is 31.1. The first-order valence-electron chi connectivity index (χ1n) is 5.26. The average Bonchev–Trinajstić information content (AvgIpc) is 2.74. The van der Waals surface area contributed by atoms with Crippen molar-refractivity contribution in [3.8, 4) is 12.3 Å². The molecule has 94 valence electrons. The Morgan fingerprint density at radius 3 is 2.88 bits per heavy atom. The van der Waals surface area contributed by atoms with E-state index in [0.717, 1.165) is 0 Å². The quantitative estimate of drug-likeness (QED) is 0.556. The fraction of sp³-hybridized carbons (Fsp3) is 0.455. The fourth-order valence-electron chi connectivity index (χ4n) is 1.24. The van der Waals surface area contributed by atoms with E-state index in [-0.39, 0.29) is 5.09 Å².